The van der Waals surface area contributed by atoms with Crippen LogP contribution in [0.4, 0.5) is 10.5 Å². The minimum absolute atomic E-state index is 0.0545. The second-order valence-corrected chi connectivity index (χ2v) is 9.77. The molecule has 0 radical (unpaired) electrons. The number of carboxylic acid groups (broad SMARTS) is 1. The fourth-order valence-electron chi connectivity index (χ4n) is 4.35. The number of hydrogen-bond acceptors (Lipinski definition) is 4. The van der Waals surface area contributed by atoms with E-state index in [9.17, 15) is 19.5 Å². The lowest BCUT2D eigenvalue weighted by molar-refractivity contribution is -0.140. The lowest BCUT2D eigenvalue weighted by atomic mass is 9.98. The predicted molar refractivity (Wildman–Crippen MR) is 135 cm³/mol. The fraction of sp³-hybridized carbons (Fsp3) is 0.192. The van der Waals surface area contributed by atoms with E-state index in [0.717, 1.165) is 25.8 Å². The number of carbonyl (C=O) groups excluding carboxylic acids is 2. The van der Waals surface area contributed by atoms with Gasteiger partial charge in [0.25, 0.3) is 5.91 Å². The number of fused-ring (bicyclic) bond motifs is 3. The Hall–Kier alpha value is -3.40. The summed E-state index contributed by atoms with van der Waals surface area (Å²) in [6, 6.07) is 21.1. The summed E-state index contributed by atoms with van der Waals surface area (Å²) < 4.78 is 6.30. The highest BCUT2D eigenvalue weighted by atomic mass is 127. The third-order valence-electron chi connectivity index (χ3n) is 6.26. The van der Waals surface area contributed by atoms with Gasteiger partial charge in [-0.3, -0.25) is 10.1 Å². The molecule has 2 aliphatic rings. The van der Waals surface area contributed by atoms with Crippen LogP contribution in [0.25, 0.3) is 11.1 Å². The van der Waals surface area contributed by atoms with Crippen molar-refractivity contribution in [2.75, 3.05) is 11.9 Å². The van der Waals surface area contributed by atoms with E-state index in [4.69, 9.17) is 4.74 Å². The van der Waals surface area contributed by atoms with Crippen molar-refractivity contribution in [1.82, 2.24) is 5.32 Å². The molecule has 3 aromatic carbocycles. The lowest BCUT2D eigenvalue weighted by Crippen LogP contribution is -2.43. The molecular formula is C26H21IN2O5. The van der Waals surface area contributed by atoms with Crippen molar-refractivity contribution in [1.29, 1.82) is 0 Å². The van der Waals surface area contributed by atoms with Crippen molar-refractivity contribution < 1.29 is 24.2 Å². The van der Waals surface area contributed by atoms with Crippen LogP contribution >= 0.6 is 22.6 Å². The Morgan fingerprint density at radius 1 is 0.971 bits per heavy atom. The normalized spacial score (nSPS) is 15.1. The zero-order valence-electron chi connectivity index (χ0n) is 18.0. The van der Waals surface area contributed by atoms with Crippen LogP contribution in [-0.4, -0.2) is 35.2 Å². The van der Waals surface area contributed by atoms with Gasteiger partial charge in [0, 0.05) is 20.7 Å². The van der Waals surface area contributed by atoms with Crippen LogP contribution in [-0.2, 0) is 9.53 Å². The number of benzene rings is 3. The highest BCUT2D eigenvalue weighted by Gasteiger charge is 2.51. The summed E-state index contributed by atoms with van der Waals surface area (Å²) >= 11 is 2.04. The molecule has 1 saturated carbocycles. The van der Waals surface area contributed by atoms with E-state index in [1.807, 2.05) is 46.9 Å². The van der Waals surface area contributed by atoms with E-state index in [1.54, 1.807) is 12.1 Å². The molecule has 0 aliphatic heterocycles. The molecule has 0 spiro atoms. The van der Waals surface area contributed by atoms with Crippen molar-refractivity contribution in [2.24, 2.45) is 0 Å². The average molecular weight is 568 g/mol. The highest BCUT2D eigenvalue weighted by Crippen LogP contribution is 2.44. The topological polar surface area (TPSA) is 105 Å². The maximum Gasteiger partial charge on any atom is 0.411 e. The molecule has 2 amide bonds. The van der Waals surface area contributed by atoms with Crippen molar-refractivity contribution >= 4 is 46.2 Å². The average Bonchev–Trinajstić information content (AvgIpc) is 3.53. The Kier molecular flexibility index (Phi) is 5.76. The summed E-state index contributed by atoms with van der Waals surface area (Å²) in [6.07, 6.45) is 0.186. The number of carbonyl (C=O) groups is 3. The predicted octanol–water partition coefficient (Wildman–Crippen LogP) is 5.00. The molecule has 0 bridgehead atoms. The first-order chi connectivity index (χ1) is 16.4. The molecule has 5 rings (SSSR count). The summed E-state index contributed by atoms with van der Waals surface area (Å²) in [6.45, 7) is 0.179. The molecule has 3 aromatic rings. The summed E-state index contributed by atoms with van der Waals surface area (Å²) in [5, 5.41) is 14.6. The molecule has 1 fully saturated rings. The van der Waals surface area contributed by atoms with Gasteiger partial charge in [0.15, 0.2) is 0 Å². The fourth-order valence-corrected chi connectivity index (χ4v) is 5.02. The molecule has 8 heteroatoms. The Morgan fingerprint density at radius 2 is 1.59 bits per heavy atom. The Labute approximate surface area is 209 Å². The molecular weight excluding hydrogens is 547 g/mol. The second kappa shape index (κ2) is 8.75. The first-order valence-electron chi connectivity index (χ1n) is 10.8. The maximum atomic E-state index is 12.6. The van der Waals surface area contributed by atoms with Crippen molar-refractivity contribution in [2.45, 2.75) is 24.3 Å². The van der Waals surface area contributed by atoms with Crippen molar-refractivity contribution in [3.63, 3.8) is 0 Å². The van der Waals surface area contributed by atoms with Crippen LogP contribution in [0.5, 0.6) is 0 Å². The van der Waals surface area contributed by atoms with Gasteiger partial charge in [-0.2, -0.15) is 0 Å². The second-order valence-electron chi connectivity index (χ2n) is 8.52. The maximum absolute atomic E-state index is 12.6. The highest BCUT2D eigenvalue weighted by molar-refractivity contribution is 14.1. The number of amides is 2. The number of rotatable bonds is 6. The monoisotopic (exact) mass is 568 g/mol. The van der Waals surface area contributed by atoms with Crippen LogP contribution < -0.4 is 10.6 Å². The van der Waals surface area contributed by atoms with Crippen LogP contribution in [0.3, 0.4) is 0 Å². The molecule has 3 N–H and O–H groups in total. The molecule has 0 unspecified atom stereocenters. The number of aliphatic carboxylic acids is 1. The van der Waals surface area contributed by atoms with Gasteiger partial charge >= 0.3 is 12.1 Å². The summed E-state index contributed by atoms with van der Waals surface area (Å²) in [5.74, 6) is -1.58. The molecule has 2 aliphatic carbocycles. The lowest BCUT2D eigenvalue weighted by Gasteiger charge is -2.15. The summed E-state index contributed by atoms with van der Waals surface area (Å²) in [5.41, 5.74) is 4.03. The summed E-state index contributed by atoms with van der Waals surface area (Å²) in [4.78, 5) is 36.6. The number of ether oxygens (including phenoxy) is 1. The molecule has 0 atom stereocenters. The third-order valence-corrected chi connectivity index (χ3v) is 6.89. The van der Waals surface area contributed by atoms with E-state index >= 15 is 0 Å². The first-order valence-corrected chi connectivity index (χ1v) is 11.9. The largest absolute Gasteiger partial charge is 0.480 e. The quantitative estimate of drug-likeness (QED) is 0.364. The van der Waals surface area contributed by atoms with Gasteiger partial charge in [-0.25, -0.2) is 9.59 Å². The van der Waals surface area contributed by atoms with E-state index in [1.165, 1.54) is 6.07 Å². The number of carboxylic acids is 1. The SMILES string of the molecule is O=C(Nc1cc(I)cc(C(=O)NC2(C(=O)O)CC2)c1)OCC1c2ccccc2-c2ccccc21. The van der Waals surface area contributed by atoms with E-state index in [2.05, 4.69) is 34.9 Å². The molecule has 0 aromatic heterocycles. The van der Waals surface area contributed by atoms with E-state index in [0.29, 0.717) is 18.5 Å². The van der Waals surface area contributed by atoms with Gasteiger partial charge in [-0.15, -0.1) is 0 Å². The van der Waals surface area contributed by atoms with Crippen LogP contribution in [0, 0.1) is 3.57 Å². The number of hydrogen-bond donors (Lipinski definition) is 3. The van der Waals surface area contributed by atoms with Gasteiger partial charge in [0.2, 0.25) is 0 Å². The van der Waals surface area contributed by atoms with Gasteiger partial charge in [0.1, 0.15) is 12.1 Å². The van der Waals surface area contributed by atoms with Crippen LogP contribution in [0.1, 0.15) is 40.2 Å². The molecule has 0 heterocycles. The van der Waals surface area contributed by atoms with Crippen molar-refractivity contribution in [3.8, 4) is 11.1 Å². The zero-order chi connectivity index (χ0) is 23.9. The van der Waals surface area contributed by atoms with Crippen LogP contribution in [0.15, 0.2) is 66.7 Å². The van der Waals surface area contributed by atoms with Gasteiger partial charge in [-0.1, -0.05) is 48.5 Å². The van der Waals surface area contributed by atoms with Crippen LogP contribution in [0.2, 0.25) is 0 Å². The third kappa shape index (κ3) is 4.25. The molecule has 34 heavy (non-hydrogen) atoms. The minimum Gasteiger partial charge on any atom is -0.480 e. The first kappa shape index (κ1) is 22.4. The Bertz CT molecular complexity index is 1270. The van der Waals surface area contributed by atoms with Crippen molar-refractivity contribution in [3.05, 3.63) is 87.0 Å². The van der Waals surface area contributed by atoms with Gasteiger partial charge < -0.3 is 15.2 Å². The van der Waals surface area contributed by atoms with E-state index in [-0.39, 0.29) is 18.1 Å². The zero-order valence-corrected chi connectivity index (χ0v) is 20.2. The number of nitrogens with one attached hydrogen (secondary N) is 2. The van der Waals surface area contributed by atoms with Gasteiger partial charge in [0.05, 0.1) is 0 Å². The minimum atomic E-state index is -1.18. The molecule has 172 valence electrons. The van der Waals surface area contributed by atoms with Gasteiger partial charge in [-0.05, 0) is 75.9 Å². The van der Waals surface area contributed by atoms with E-state index < -0.39 is 23.5 Å². The molecule has 7 nitrogen and oxygen atoms in total. The number of halogens is 1. The Balaban J connectivity index is 1.27. The Morgan fingerprint density at radius 3 is 2.18 bits per heavy atom. The molecule has 0 saturated heterocycles. The smallest absolute Gasteiger partial charge is 0.411 e. The standard InChI is InChI=1S/C26H21IN2O5/c27-16-11-15(23(30)29-26(9-10-26)24(31)32)12-17(13-16)28-25(33)34-14-22-20-7-3-1-5-18(20)19-6-2-4-8-21(19)22/h1-8,11-13,22H,9-10,14H2,(H,28,33)(H,29,30)(H,31,32). The summed E-state index contributed by atoms with van der Waals surface area (Å²) in [7, 11) is 0. The number of anilines is 1.